The lowest BCUT2D eigenvalue weighted by Gasteiger charge is -2.30. The van der Waals surface area contributed by atoms with E-state index in [-0.39, 0.29) is 23.1 Å². The first-order valence-corrected chi connectivity index (χ1v) is 8.14. The Hall–Kier alpha value is -1.84. The topological polar surface area (TPSA) is 49.4 Å². The molecule has 0 radical (unpaired) electrons. The molecule has 1 saturated heterocycles. The number of aryl methyl sites for hydroxylation is 1. The Morgan fingerprint density at radius 2 is 2.05 bits per heavy atom. The van der Waals surface area contributed by atoms with Crippen molar-refractivity contribution in [3.8, 4) is 0 Å². The molecule has 0 aromatic heterocycles. The van der Waals surface area contributed by atoms with Gasteiger partial charge in [0.1, 0.15) is 0 Å². The molecule has 1 aromatic rings. The second kappa shape index (κ2) is 5.75. The van der Waals surface area contributed by atoms with Gasteiger partial charge in [-0.25, -0.2) is 0 Å². The van der Waals surface area contributed by atoms with Crippen LogP contribution >= 0.6 is 0 Å². The molecule has 2 fully saturated rings. The maximum absolute atomic E-state index is 12.8. The van der Waals surface area contributed by atoms with Gasteiger partial charge in [-0.15, -0.1) is 0 Å². The van der Waals surface area contributed by atoms with E-state index >= 15 is 0 Å². The number of hydrogen-bond donors (Lipinski definition) is 1. The van der Waals surface area contributed by atoms with Gasteiger partial charge in [-0.3, -0.25) is 9.59 Å². The molecule has 4 nitrogen and oxygen atoms in total. The Kier molecular flexibility index (Phi) is 3.94. The van der Waals surface area contributed by atoms with Crippen LogP contribution in [0.4, 0.5) is 0 Å². The van der Waals surface area contributed by atoms with Crippen LogP contribution in [0.15, 0.2) is 24.3 Å². The molecule has 22 heavy (non-hydrogen) atoms. The minimum absolute atomic E-state index is 0.00155. The predicted molar refractivity (Wildman–Crippen MR) is 85.5 cm³/mol. The predicted octanol–water partition coefficient (Wildman–Crippen LogP) is 2.37. The van der Waals surface area contributed by atoms with Crippen molar-refractivity contribution in [1.82, 2.24) is 10.2 Å². The average Bonchev–Trinajstić information content (AvgIpc) is 3.14. The van der Waals surface area contributed by atoms with Crippen LogP contribution in [-0.4, -0.2) is 36.9 Å². The lowest BCUT2D eigenvalue weighted by Crippen LogP contribution is -2.40. The zero-order valence-electron chi connectivity index (χ0n) is 13.4. The quantitative estimate of drug-likeness (QED) is 0.911. The number of likely N-dealkylation sites (tertiary alicyclic amines) is 1. The Morgan fingerprint density at radius 3 is 2.77 bits per heavy atom. The largest absolute Gasteiger partial charge is 0.359 e. The summed E-state index contributed by atoms with van der Waals surface area (Å²) >= 11 is 0. The average molecular weight is 300 g/mol. The molecule has 1 N–H and O–H groups in total. The zero-order valence-corrected chi connectivity index (χ0v) is 13.4. The molecule has 0 bridgehead atoms. The highest BCUT2D eigenvalue weighted by Crippen LogP contribution is 2.50. The fraction of sp³-hybridized carbons (Fsp3) is 0.556. The standard InChI is InChI=1S/C18H24N2O2/c1-13-6-3-4-7-14(13)17(22)20-11-10-18(12-20)9-5-8-15(18)16(21)19-2/h3-4,6-7,15H,5,8-12H2,1-2H3,(H,19,21)/t15-,18-/m1/s1. The van der Waals surface area contributed by atoms with Gasteiger partial charge in [-0.1, -0.05) is 24.6 Å². The van der Waals surface area contributed by atoms with E-state index in [1.807, 2.05) is 36.1 Å². The molecular formula is C18H24N2O2. The number of nitrogens with zero attached hydrogens (tertiary/aromatic N) is 1. The molecule has 118 valence electrons. The second-order valence-corrected chi connectivity index (χ2v) is 6.71. The van der Waals surface area contributed by atoms with Crippen LogP contribution in [0, 0.1) is 18.3 Å². The number of hydrogen-bond acceptors (Lipinski definition) is 2. The maximum atomic E-state index is 12.8. The summed E-state index contributed by atoms with van der Waals surface area (Å²) in [6.45, 7) is 3.46. The lowest BCUT2D eigenvalue weighted by molar-refractivity contribution is -0.127. The number of amides is 2. The van der Waals surface area contributed by atoms with E-state index < -0.39 is 0 Å². The van der Waals surface area contributed by atoms with Gasteiger partial charge in [0.2, 0.25) is 5.91 Å². The molecular weight excluding hydrogens is 276 g/mol. The van der Waals surface area contributed by atoms with Crippen LogP contribution in [0.3, 0.4) is 0 Å². The van der Waals surface area contributed by atoms with Crippen LogP contribution in [0.25, 0.3) is 0 Å². The molecule has 4 heteroatoms. The first kappa shape index (κ1) is 15.1. The van der Waals surface area contributed by atoms with Gasteiger partial charge in [-0.2, -0.15) is 0 Å². The summed E-state index contributed by atoms with van der Waals surface area (Å²) in [7, 11) is 1.71. The molecule has 2 aliphatic rings. The molecule has 1 aliphatic heterocycles. The van der Waals surface area contributed by atoms with Crippen LogP contribution in [0.2, 0.25) is 0 Å². The normalized spacial score (nSPS) is 27.4. The molecule has 1 aliphatic carbocycles. The SMILES string of the molecule is CNC(=O)[C@H]1CCC[C@]12CCN(C(=O)c1ccccc1C)C2. The van der Waals surface area contributed by atoms with Crippen molar-refractivity contribution in [2.45, 2.75) is 32.6 Å². The Bertz CT molecular complexity index is 599. The number of rotatable bonds is 2. The van der Waals surface area contributed by atoms with Crippen LogP contribution in [0.1, 0.15) is 41.6 Å². The molecule has 1 aromatic carbocycles. The van der Waals surface area contributed by atoms with Crippen molar-refractivity contribution in [2.75, 3.05) is 20.1 Å². The highest BCUT2D eigenvalue weighted by molar-refractivity contribution is 5.96. The van der Waals surface area contributed by atoms with Gasteiger partial charge in [0.15, 0.2) is 0 Å². The van der Waals surface area contributed by atoms with E-state index in [0.717, 1.165) is 49.9 Å². The Balaban J connectivity index is 1.79. The molecule has 2 atom stereocenters. The fourth-order valence-electron chi connectivity index (χ4n) is 4.26. The molecule has 1 saturated carbocycles. The third-order valence-electron chi connectivity index (χ3n) is 5.52. The van der Waals surface area contributed by atoms with Crippen molar-refractivity contribution in [3.05, 3.63) is 35.4 Å². The summed E-state index contributed by atoms with van der Waals surface area (Å²) < 4.78 is 0. The molecule has 1 spiro atoms. The lowest BCUT2D eigenvalue weighted by atomic mass is 9.76. The molecule has 3 rings (SSSR count). The smallest absolute Gasteiger partial charge is 0.254 e. The first-order chi connectivity index (χ1) is 10.6. The van der Waals surface area contributed by atoms with Gasteiger partial charge < -0.3 is 10.2 Å². The van der Waals surface area contributed by atoms with Gasteiger partial charge in [0.05, 0.1) is 0 Å². The fourth-order valence-corrected chi connectivity index (χ4v) is 4.26. The molecule has 0 unspecified atom stereocenters. The van der Waals surface area contributed by atoms with Crippen molar-refractivity contribution in [2.24, 2.45) is 11.3 Å². The number of carbonyl (C=O) groups is 2. The minimum Gasteiger partial charge on any atom is -0.359 e. The maximum Gasteiger partial charge on any atom is 0.254 e. The Labute approximate surface area is 131 Å². The van der Waals surface area contributed by atoms with Crippen LogP contribution in [-0.2, 0) is 4.79 Å². The van der Waals surface area contributed by atoms with E-state index in [2.05, 4.69) is 5.32 Å². The van der Waals surface area contributed by atoms with E-state index in [0.29, 0.717) is 0 Å². The van der Waals surface area contributed by atoms with Crippen LogP contribution in [0.5, 0.6) is 0 Å². The van der Waals surface area contributed by atoms with Gasteiger partial charge in [0, 0.05) is 37.0 Å². The second-order valence-electron chi connectivity index (χ2n) is 6.71. The van der Waals surface area contributed by atoms with E-state index in [9.17, 15) is 9.59 Å². The summed E-state index contributed by atoms with van der Waals surface area (Å²) in [6.07, 6.45) is 4.04. The number of benzene rings is 1. The monoisotopic (exact) mass is 300 g/mol. The van der Waals surface area contributed by atoms with Gasteiger partial charge in [-0.05, 0) is 37.8 Å². The summed E-state index contributed by atoms with van der Waals surface area (Å²) in [5.74, 6) is 0.312. The van der Waals surface area contributed by atoms with E-state index in [1.165, 1.54) is 0 Å². The van der Waals surface area contributed by atoms with Gasteiger partial charge in [0.25, 0.3) is 5.91 Å². The zero-order chi connectivity index (χ0) is 15.7. The molecule has 2 amide bonds. The highest BCUT2D eigenvalue weighted by Gasteiger charge is 2.51. The van der Waals surface area contributed by atoms with Crippen molar-refractivity contribution < 1.29 is 9.59 Å². The highest BCUT2D eigenvalue weighted by atomic mass is 16.2. The van der Waals surface area contributed by atoms with Gasteiger partial charge >= 0.3 is 0 Å². The number of nitrogens with one attached hydrogen (secondary N) is 1. The van der Waals surface area contributed by atoms with Crippen molar-refractivity contribution in [1.29, 1.82) is 0 Å². The molecule has 1 heterocycles. The van der Waals surface area contributed by atoms with E-state index in [4.69, 9.17) is 0 Å². The number of carbonyl (C=O) groups excluding carboxylic acids is 2. The third-order valence-corrected chi connectivity index (χ3v) is 5.52. The summed E-state index contributed by atoms with van der Waals surface area (Å²) in [6, 6.07) is 7.74. The Morgan fingerprint density at radius 1 is 1.27 bits per heavy atom. The van der Waals surface area contributed by atoms with Crippen LogP contribution < -0.4 is 5.32 Å². The minimum atomic E-state index is -0.00155. The third kappa shape index (κ3) is 2.40. The first-order valence-electron chi connectivity index (χ1n) is 8.14. The summed E-state index contributed by atoms with van der Waals surface area (Å²) in [5, 5.41) is 2.80. The van der Waals surface area contributed by atoms with Crippen molar-refractivity contribution >= 4 is 11.8 Å². The van der Waals surface area contributed by atoms with Crippen molar-refractivity contribution in [3.63, 3.8) is 0 Å². The van der Waals surface area contributed by atoms with E-state index in [1.54, 1.807) is 7.05 Å². The summed E-state index contributed by atoms with van der Waals surface area (Å²) in [4.78, 5) is 26.9. The summed E-state index contributed by atoms with van der Waals surface area (Å²) in [5.41, 5.74) is 1.80.